The fourth-order valence-electron chi connectivity index (χ4n) is 1.52. The van der Waals surface area contributed by atoms with Gasteiger partial charge in [0.1, 0.15) is 5.75 Å². The lowest BCUT2D eigenvalue weighted by molar-refractivity contribution is 0.0691. The van der Waals surface area contributed by atoms with Gasteiger partial charge in [0, 0.05) is 11.8 Å². The highest BCUT2D eigenvalue weighted by atomic mass is 35.5. The first-order valence-corrected chi connectivity index (χ1v) is 5.85. The molecule has 0 spiro atoms. The third kappa shape index (κ3) is 2.86. The second-order valence-electron chi connectivity index (χ2n) is 3.83. The average Bonchev–Trinajstić information content (AvgIpc) is 2.42. The maximum atomic E-state index is 12.0. The van der Waals surface area contributed by atoms with E-state index in [0.29, 0.717) is 0 Å². The molecule has 1 aromatic carbocycles. The van der Waals surface area contributed by atoms with E-state index in [9.17, 15) is 14.7 Å². The number of aromatic nitrogens is 1. The normalized spacial score (nSPS) is 10.1. The van der Waals surface area contributed by atoms with Crippen molar-refractivity contribution in [3.8, 4) is 5.75 Å². The van der Waals surface area contributed by atoms with E-state index in [0.717, 1.165) is 0 Å². The van der Waals surface area contributed by atoms with E-state index in [1.165, 1.54) is 36.5 Å². The highest BCUT2D eigenvalue weighted by molar-refractivity contribution is 6.32. The molecule has 0 bridgehead atoms. The third-order valence-corrected chi connectivity index (χ3v) is 2.77. The lowest BCUT2D eigenvalue weighted by Gasteiger charge is -2.08. The maximum absolute atomic E-state index is 12.0. The van der Waals surface area contributed by atoms with Gasteiger partial charge in [-0.25, -0.2) is 9.78 Å². The molecule has 2 rings (SSSR count). The molecule has 1 amide bonds. The number of carbonyl (C=O) groups excluding carboxylic acids is 1. The molecular weight excluding hydrogens is 284 g/mol. The van der Waals surface area contributed by atoms with Crippen LogP contribution in [-0.4, -0.2) is 27.1 Å². The number of hydrogen-bond acceptors (Lipinski definition) is 4. The van der Waals surface area contributed by atoms with E-state index < -0.39 is 11.9 Å². The first-order valence-electron chi connectivity index (χ1n) is 5.47. The summed E-state index contributed by atoms with van der Waals surface area (Å²) in [7, 11) is 0. The number of carboxylic acids is 1. The van der Waals surface area contributed by atoms with Gasteiger partial charge < -0.3 is 15.5 Å². The molecule has 20 heavy (non-hydrogen) atoms. The molecule has 0 radical (unpaired) electrons. The predicted octanol–water partition coefficient (Wildman–Crippen LogP) is 2.39. The monoisotopic (exact) mass is 292 g/mol. The van der Waals surface area contributed by atoms with Crippen LogP contribution in [0.15, 0.2) is 36.5 Å². The van der Waals surface area contributed by atoms with Crippen molar-refractivity contribution >= 4 is 29.2 Å². The number of amides is 1. The van der Waals surface area contributed by atoms with Crippen LogP contribution in [0.1, 0.15) is 20.8 Å². The first-order chi connectivity index (χ1) is 9.49. The molecule has 0 unspecified atom stereocenters. The Labute approximate surface area is 118 Å². The quantitative estimate of drug-likeness (QED) is 0.806. The van der Waals surface area contributed by atoms with Crippen molar-refractivity contribution in [1.29, 1.82) is 0 Å². The number of phenolic OH excluding ortho intramolecular Hbond substituents is 1. The lowest BCUT2D eigenvalue weighted by Crippen LogP contribution is -2.15. The van der Waals surface area contributed by atoms with Gasteiger partial charge in [-0.05, 0) is 30.3 Å². The van der Waals surface area contributed by atoms with Crippen molar-refractivity contribution in [3.05, 3.63) is 52.8 Å². The Morgan fingerprint density at radius 3 is 2.65 bits per heavy atom. The molecule has 0 fully saturated rings. The molecule has 0 aliphatic heterocycles. The standard InChI is InChI=1S/C13H9ClN2O4/c14-8-6-7(3-4-10(8)17)12(18)16-9-2-1-5-15-11(9)13(19)20/h1-6,17H,(H,16,18)(H,19,20). The fraction of sp³-hybridized carbons (Fsp3) is 0. The Bertz CT molecular complexity index is 688. The summed E-state index contributed by atoms with van der Waals surface area (Å²) < 4.78 is 0. The molecule has 0 aliphatic carbocycles. The number of benzene rings is 1. The van der Waals surface area contributed by atoms with Gasteiger partial charge in [0.25, 0.3) is 5.91 Å². The molecule has 6 nitrogen and oxygen atoms in total. The van der Waals surface area contributed by atoms with Crippen LogP contribution in [0.3, 0.4) is 0 Å². The zero-order chi connectivity index (χ0) is 14.7. The predicted molar refractivity (Wildman–Crippen MR) is 72.3 cm³/mol. The number of aromatic carboxylic acids is 1. The number of carbonyl (C=O) groups is 2. The van der Waals surface area contributed by atoms with Crippen LogP contribution in [-0.2, 0) is 0 Å². The second-order valence-corrected chi connectivity index (χ2v) is 4.23. The smallest absolute Gasteiger partial charge is 0.356 e. The van der Waals surface area contributed by atoms with Crippen LogP contribution in [0.2, 0.25) is 5.02 Å². The molecule has 102 valence electrons. The van der Waals surface area contributed by atoms with Gasteiger partial charge in [-0.2, -0.15) is 0 Å². The van der Waals surface area contributed by atoms with Crippen molar-refractivity contribution in [2.24, 2.45) is 0 Å². The number of carboxylic acid groups (broad SMARTS) is 1. The van der Waals surface area contributed by atoms with Gasteiger partial charge >= 0.3 is 5.97 Å². The first kappa shape index (κ1) is 13.8. The third-order valence-electron chi connectivity index (χ3n) is 2.47. The van der Waals surface area contributed by atoms with Gasteiger partial charge in [-0.1, -0.05) is 11.6 Å². The van der Waals surface area contributed by atoms with E-state index in [4.69, 9.17) is 16.7 Å². The number of hydrogen-bond donors (Lipinski definition) is 3. The highest BCUT2D eigenvalue weighted by Gasteiger charge is 2.15. The molecule has 2 aromatic rings. The summed E-state index contributed by atoms with van der Waals surface area (Å²) in [6.45, 7) is 0. The summed E-state index contributed by atoms with van der Waals surface area (Å²) in [5.74, 6) is -1.94. The van der Waals surface area contributed by atoms with Crippen LogP contribution in [0.5, 0.6) is 5.75 Å². The number of pyridine rings is 1. The van der Waals surface area contributed by atoms with Crippen LogP contribution in [0.4, 0.5) is 5.69 Å². The maximum Gasteiger partial charge on any atom is 0.356 e. The topological polar surface area (TPSA) is 99.5 Å². The van der Waals surface area contributed by atoms with Crippen LogP contribution >= 0.6 is 11.6 Å². The van der Waals surface area contributed by atoms with Crippen molar-refractivity contribution in [2.75, 3.05) is 5.32 Å². The zero-order valence-corrected chi connectivity index (χ0v) is 10.8. The SMILES string of the molecule is O=C(Nc1cccnc1C(=O)O)c1ccc(O)c(Cl)c1. The van der Waals surface area contributed by atoms with Gasteiger partial charge in [-0.15, -0.1) is 0 Å². The number of halogens is 1. The second kappa shape index (κ2) is 5.58. The lowest BCUT2D eigenvalue weighted by atomic mass is 10.2. The number of nitrogens with one attached hydrogen (secondary N) is 1. The molecule has 0 saturated carbocycles. The molecular formula is C13H9ClN2O4. The Morgan fingerprint density at radius 1 is 1.25 bits per heavy atom. The Balaban J connectivity index is 2.28. The molecule has 0 atom stereocenters. The van der Waals surface area contributed by atoms with E-state index >= 15 is 0 Å². The Hall–Kier alpha value is -2.60. The van der Waals surface area contributed by atoms with Crippen molar-refractivity contribution in [2.45, 2.75) is 0 Å². The van der Waals surface area contributed by atoms with Gasteiger partial charge in [0.05, 0.1) is 10.7 Å². The van der Waals surface area contributed by atoms with Gasteiger partial charge in [0.2, 0.25) is 0 Å². The minimum atomic E-state index is -1.25. The molecule has 1 heterocycles. The minimum absolute atomic E-state index is 0.0299. The molecule has 0 aliphatic rings. The summed E-state index contributed by atoms with van der Waals surface area (Å²) in [5.41, 5.74) is 0.00733. The van der Waals surface area contributed by atoms with E-state index in [1.54, 1.807) is 0 Å². The van der Waals surface area contributed by atoms with E-state index in [-0.39, 0.29) is 27.7 Å². The van der Waals surface area contributed by atoms with Gasteiger partial charge in [-0.3, -0.25) is 4.79 Å². The van der Waals surface area contributed by atoms with Crippen LogP contribution < -0.4 is 5.32 Å². The number of anilines is 1. The summed E-state index contributed by atoms with van der Waals surface area (Å²) in [4.78, 5) is 26.6. The average molecular weight is 293 g/mol. The molecule has 7 heteroatoms. The van der Waals surface area contributed by atoms with E-state index in [1.807, 2.05) is 0 Å². The van der Waals surface area contributed by atoms with Crippen LogP contribution in [0.25, 0.3) is 0 Å². The number of rotatable bonds is 3. The Kier molecular flexibility index (Phi) is 3.86. The highest BCUT2D eigenvalue weighted by Crippen LogP contribution is 2.24. The van der Waals surface area contributed by atoms with Gasteiger partial charge in [0.15, 0.2) is 5.69 Å². The number of aromatic hydroxyl groups is 1. The van der Waals surface area contributed by atoms with Crippen molar-refractivity contribution in [1.82, 2.24) is 4.98 Å². The molecule has 1 aromatic heterocycles. The number of phenols is 1. The van der Waals surface area contributed by atoms with E-state index in [2.05, 4.69) is 10.3 Å². The zero-order valence-electron chi connectivity index (χ0n) is 10.0. The van der Waals surface area contributed by atoms with Crippen LogP contribution in [0, 0.1) is 0 Å². The minimum Gasteiger partial charge on any atom is -0.506 e. The summed E-state index contributed by atoms with van der Waals surface area (Å²) in [5, 5.41) is 20.7. The number of nitrogens with zero attached hydrogens (tertiary/aromatic N) is 1. The Morgan fingerprint density at radius 2 is 2.00 bits per heavy atom. The molecule has 0 saturated heterocycles. The summed E-state index contributed by atoms with van der Waals surface area (Å²) >= 11 is 5.71. The summed E-state index contributed by atoms with van der Waals surface area (Å²) in [6.07, 6.45) is 1.32. The summed E-state index contributed by atoms with van der Waals surface area (Å²) in [6, 6.07) is 6.86. The van der Waals surface area contributed by atoms with Crippen molar-refractivity contribution in [3.63, 3.8) is 0 Å². The fourth-order valence-corrected chi connectivity index (χ4v) is 1.70. The van der Waals surface area contributed by atoms with Crippen molar-refractivity contribution < 1.29 is 19.8 Å². The largest absolute Gasteiger partial charge is 0.506 e. The molecule has 3 N–H and O–H groups in total.